The van der Waals surface area contributed by atoms with Gasteiger partial charge in [-0.2, -0.15) is 0 Å². The van der Waals surface area contributed by atoms with Crippen LogP contribution in [0.4, 0.5) is 0 Å². The zero-order valence-electron chi connectivity index (χ0n) is 14.6. The van der Waals surface area contributed by atoms with Gasteiger partial charge in [0.15, 0.2) is 0 Å². The molecule has 0 N–H and O–H groups in total. The van der Waals surface area contributed by atoms with Crippen molar-refractivity contribution >= 4 is 31.9 Å². The minimum atomic E-state index is -1.56. The van der Waals surface area contributed by atoms with Gasteiger partial charge in [0.1, 0.15) is 0 Å². The molecule has 1 rings (SSSR count). The number of nitrogens with zero attached hydrogens (tertiary/aromatic N) is 1. The Balaban J connectivity index is 0.000000409. The maximum atomic E-state index is 5.68. The Morgan fingerprint density at radius 1 is 1.05 bits per heavy atom. The molecule has 130 valence electrons. The van der Waals surface area contributed by atoms with E-state index in [0.29, 0.717) is 0 Å². The van der Waals surface area contributed by atoms with Crippen molar-refractivity contribution in [2.45, 2.75) is 71.4 Å². The topological polar surface area (TPSA) is 12.9 Å². The van der Waals surface area contributed by atoms with E-state index in [9.17, 15) is 0 Å². The molecule has 0 aromatic carbocycles. The zero-order chi connectivity index (χ0) is 17.1. The third kappa shape index (κ3) is 11.2. The van der Waals surface area contributed by atoms with Crippen LogP contribution in [0.3, 0.4) is 0 Å². The van der Waals surface area contributed by atoms with Crippen molar-refractivity contribution < 1.29 is 13.5 Å². The average Bonchev–Trinajstić information content (AvgIpc) is 2.38. The SMILES string of the molecule is CC(C)[PH+](C(C)C)C(C)C.[Cl][Ru]([Cl])=[CH]CCc1ccccn1. The first-order chi connectivity index (χ1) is 10.3. The van der Waals surface area contributed by atoms with E-state index in [-0.39, 0.29) is 7.92 Å². The van der Waals surface area contributed by atoms with Crippen LogP contribution in [0.1, 0.15) is 53.7 Å². The molecule has 5 heteroatoms. The molecule has 0 aliphatic heterocycles. The summed E-state index contributed by atoms with van der Waals surface area (Å²) in [5, 5.41) is 0. The molecule has 1 aromatic heterocycles. The predicted octanol–water partition coefficient (Wildman–Crippen LogP) is 6.17. The third-order valence-corrected chi connectivity index (χ3v) is 9.67. The van der Waals surface area contributed by atoms with Gasteiger partial charge >= 0.3 is 85.4 Å². The van der Waals surface area contributed by atoms with Gasteiger partial charge < -0.3 is 0 Å². The van der Waals surface area contributed by atoms with Crippen LogP contribution < -0.4 is 0 Å². The van der Waals surface area contributed by atoms with E-state index in [1.165, 1.54) is 0 Å². The first-order valence-corrected chi connectivity index (χ1v) is 15.0. The molecule has 0 aliphatic carbocycles. The summed E-state index contributed by atoms with van der Waals surface area (Å²) in [6, 6.07) is 5.90. The molecule has 0 spiro atoms. The van der Waals surface area contributed by atoms with Crippen molar-refractivity contribution in [3.8, 4) is 0 Å². The van der Waals surface area contributed by atoms with E-state index in [2.05, 4.69) is 46.5 Å². The Morgan fingerprint density at radius 2 is 1.59 bits per heavy atom. The summed E-state index contributed by atoms with van der Waals surface area (Å²) in [5.41, 5.74) is 3.90. The van der Waals surface area contributed by atoms with Crippen LogP contribution >= 0.6 is 27.3 Å². The Kier molecular flexibility index (Phi) is 13.4. The monoisotopic (exact) mass is 452 g/mol. The molecule has 1 nitrogen and oxygen atoms in total. The molecule has 0 saturated heterocycles. The van der Waals surface area contributed by atoms with Crippen LogP contribution in [0.15, 0.2) is 24.4 Å². The summed E-state index contributed by atoms with van der Waals surface area (Å²) in [4.78, 5) is 4.19. The number of aromatic nitrogens is 1. The second-order valence-corrected chi connectivity index (χ2v) is 16.6. The summed E-state index contributed by atoms with van der Waals surface area (Å²) in [6.07, 6.45) is 3.67. The molecule has 0 amide bonds. The Bertz CT molecular complexity index is 399. The van der Waals surface area contributed by atoms with Crippen molar-refractivity contribution in [3.05, 3.63) is 30.1 Å². The second-order valence-electron chi connectivity index (χ2n) is 6.17. The van der Waals surface area contributed by atoms with Crippen molar-refractivity contribution in [1.29, 1.82) is 0 Å². The van der Waals surface area contributed by atoms with E-state index >= 15 is 0 Å². The zero-order valence-corrected chi connectivity index (χ0v) is 18.8. The van der Waals surface area contributed by atoms with Gasteiger partial charge in [0.25, 0.3) is 0 Å². The summed E-state index contributed by atoms with van der Waals surface area (Å²) < 4.78 is 2.00. The van der Waals surface area contributed by atoms with Gasteiger partial charge in [0.05, 0.1) is 17.0 Å². The van der Waals surface area contributed by atoms with Gasteiger partial charge in [-0.05, 0) is 41.5 Å². The molecular weight excluding hydrogens is 421 g/mol. The molecule has 0 unspecified atom stereocenters. The van der Waals surface area contributed by atoms with Crippen molar-refractivity contribution in [2.24, 2.45) is 0 Å². The van der Waals surface area contributed by atoms with Crippen LogP contribution in [-0.2, 0) is 19.9 Å². The van der Waals surface area contributed by atoms with Gasteiger partial charge in [-0.25, -0.2) is 0 Å². The normalized spacial score (nSPS) is 11.7. The van der Waals surface area contributed by atoms with Crippen molar-refractivity contribution in [2.75, 3.05) is 0 Å². The number of hydrogen-bond donors (Lipinski definition) is 0. The van der Waals surface area contributed by atoms with Gasteiger partial charge in [-0.15, -0.1) is 0 Å². The molecule has 0 atom stereocenters. The van der Waals surface area contributed by atoms with Gasteiger partial charge in [0.2, 0.25) is 0 Å². The van der Waals surface area contributed by atoms with E-state index in [0.717, 1.165) is 35.5 Å². The standard InChI is InChI=1S/C9H21P.C8H9N.2ClH.Ru/c1-7(2)10(8(3)4)9(5)6;1-2-5-8-6-3-4-7-9-8;;;/h7-9H,1-6H3;1,3-4,6-7H,2,5H2;2*1H;/q;;;;+2/p-1. The molecule has 0 radical (unpaired) electrons. The van der Waals surface area contributed by atoms with E-state index < -0.39 is 13.5 Å². The fourth-order valence-corrected chi connectivity index (χ4v) is 8.37. The summed E-state index contributed by atoms with van der Waals surface area (Å²) in [5.74, 6) is 0. The first-order valence-electron chi connectivity index (χ1n) is 7.83. The van der Waals surface area contributed by atoms with Gasteiger partial charge in [-0.1, -0.05) is 0 Å². The average molecular weight is 452 g/mol. The fraction of sp³-hybridized carbons (Fsp3) is 0.647. The molecule has 22 heavy (non-hydrogen) atoms. The molecule has 0 saturated carbocycles. The predicted molar refractivity (Wildman–Crippen MR) is 104 cm³/mol. The van der Waals surface area contributed by atoms with Crippen molar-refractivity contribution in [3.63, 3.8) is 0 Å². The summed E-state index contributed by atoms with van der Waals surface area (Å²) in [6.45, 7) is 14.2. The molecule has 0 fully saturated rings. The number of rotatable bonds is 6. The molecular formula is C17H31Cl2NPRu+. The molecule has 0 bridgehead atoms. The summed E-state index contributed by atoms with van der Waals surface area (Å²) in [7, 11) is 11.3. The Labute approximate surface area is 151 Å². The molecule has 1 heterocycles. The van der Waals surface area contributed by atoms with Gasteiger partial charge in [-0.3, -0.25) is 0 Å². The number of halogens is 2. The maximum absolute atomic E-state index is 5.68. The van der Waals surface area contributed by atoms with Gasteiger partial charge in [0, 0.05) is 7.92 Å². The van der Waals surface area contributed by atoms with Crippen LogP contribution in [-0.4, -0.2) is 26.6 Å². The molecule has 0 aliphatic rings. The van der Waals surface area contributed by atoms with Crippen molar-refractivity contribution in [1.82, 2.24) is 4.98 Å². The van der Waals surface area contributed by atoms with E-state index in [1.807, 2.05) is 22.8 Å². The summed E-state index contributed by atoms with van der Waals surface area (Å²) >= 11 is -1.56. The third-order valence-electron chi connectivity index (χ3n) is 3.34. The number of aryl methyl sites for hydroxylation is 1. The van der Waals surface area contributed by atoms with E-state index in [1.54, 1.807) is 6.20 Å². The first kappa shape index (κ1) is 22.7. The Hall–Kier alpha value is 0.653. The Morgan fingerprint density at radius 3 is 1.91 bits per heavy atom. The van der Waals surface area contributed by atoms with Crippen LogP contribution in [0.2, 0.25) is 0 Å². The molecule has 1 aromatic rings. The van der Waals surface area contributed by atoms with E-state index in [4.69, 9.17) is 19.4 Å². The number of hydrogen-bond acceptors (Lipinski definition) is 1. The number of pyridine rings is 1. The minimum absolute atomic E-state index is 0.0957. The quantitative estimate of drug-likeness (QED) is 0.372. The van der Waals surface area contributed by atoms with Crippen LogP contribution in [0.25, 0.3) is 0 Å². The second kappa shape index (κ2) is 13.0. The van der Waals surface area contributed by atoms with Crippen LogP contribution in [0.5, 0.6) is 0 Å². The fourth-order valence-electron chi connectivity index (χ4n) is 2.82. The van der Waals surface area contributed by atoms with Crippen LogP contribution in [0, 0.1) is 0 Å².